The number of aromatic nitrogens is 2. The average molecular weight is 719 g/mol. The van der Waals surface area contributed by atoms with Crippen LogP contribution in [0, 0.1) is 29.1 Å². The molecule has 2 aromatic heterocycles. The third kappa shape index (κ3) is 0.685. The molecule has 12 heterocycles. The number of pyridine rings is 2. The van der Waals surface area contributed by atoms with Crippen molar-refractivity contribution in [3.05, 3.63) is 132 Å². The summed E-state index contributed by atoms with van der Waals surface area (Å²) in [5.41, 5.74) is 6.70. The Morgan fingerprint density at radius 3 is 1.57 bits per heavy atom. The van der Waals surface area contributed by atoms with Crippen LogP contribution in [-0.2, 0) is 20.3 Å². The van der Waals surface area contributed by atoms with Crippen molar-refractivity contribution in [2.75, 3.05) is 6.16 Å². The molecule has 7 unspecified atom stereocenters. The van der Waals surface area contributed by atoms with Crippen LogP contribution in [0.5, 0.6) is 0 Å². The number of nitrogens with zero attached hydrogens (tertiary/aromatic N) is 2. The Kier molecular flexibility index (Phi) is 2.23. The van der Waals surface area contributed by atoms with Gasteiger partial charge in [-0.1, -0.05) is 0 Å². The zero-order valence-corrected chi connectivity index (χ0v) is 31.2. The number of hydrogen-bond donors (Lipinski definition) is 0. The Morgan fingerprint density at radius 2 is 1.12 bits per heavy atom. The molecule has 1 spiro atoms. The molecule has 4 aliphatic carbocycles. The Bertz CT molecular complexity index is 2620. The van der Waals surface area contributed by atoms with Gasteiger partial charge in [0, 0.05) is 0 Å². The van der Waals surface area contributed by atoms with Crippen molar-refractivity contribution in [1.29, 1.82) is 0 Å². The average Bonchev–Trinajstić information content (AvgIpc) is 4.11. The van der Waals surface area contributed by atoms with Crippen molar-refractivity contribution >= 4 is 18.5 Å². The molecule has 2 aromatic carbocycles. The number of fused-ring (bicyclic) bond motifs is 11. The number of rotatable bonds is 7. The summed E-state index contributed by atoms with van der Waals surface area (Å²) in [5.74, 6) is 3.76. The van der Waals surface area contributed by atoms with E-state index >= 15 is 0 Å². The van der Waals surface area contributed by atoms with Crippen LogP contribution in [0.1, 0.15) is 54.6 Å². The fourth-order valence-electron chi connectivity index (χ4n) is 29.6. The maximum atomic E-state index is 5.48. The molecule has 18 rings (SSSR count). The van der Waals surface area contributed by atoms with Crippen LogP contribution < -0.4 is 0 Å². The van der Waals surface area contributed by atoms with Gasteiger partial charge in [-0.15, -0.1) is 0 Å². The summed E-state index contributed by atoms with van der Waals surface area (Å²) < 4.78 is 1.59. The van der Waals surface area contributed by atoms with Crippen LogP contribution in [0.4, 0.5) is 0 Å². The number of benzene rings is 2. The van der Waals surface area contributed by atoms with Crippen molar-refractivity contribution in [3.8, 4) is 0 Å². The molecular formula is C44H44FeN2P2. The molecule has 248 valence electrons. The van der Waals surface area contributed by atoms with Gasteiger partial charge < -0.3 is 0 Å². The molecule has 0 N–H and O–H groups in total. The van der Waals surface area contributed by atoms with Gasteiger partial charge in [-0.25, -0.2) is 0 Å². The fraction of sp³-hybridized carbons (Fsp3) is 0.500. The minimum absolute atomic E-state index is 0.245. The van der Waals surface area contributed by atoms with E-state index in [0.29, 0.717) is 22.7 Å². The van der Waals surface area contributed by atoms with E-state index in [1.165, 1.54) is 49.7 Å². The molecule has 10 aliphatic heterocycles. The Morgan fingerprint density at radius 1 is 0.633 bits per heavy atom. The van der Waals surface area contributed by atoms with E-state index in [1.54, 1.807) is 5.56 Å². The molecule has 4 aromatic rings. The molecule has 2 nitrogen and oxygen atoms in total. The summed E-state index contributed by atoms with van der Waals surface area (Å²) in [6.45, 7) is -4.97. The Labute approximate surface area is 284 Å². The van der Waals surface area contributed by atoms with Crippen LogP contribution in [-0.4, -0.2) is 16.1 Å². The third-order valence-corrected chi connectivity index (χ3v) is 71.8. The standard InChI is InChI=1S/C39H39N2P2.C5H5.Fe/c42-25-38(30-20-26-19-27(22-30)23-31(38)21-26)37-33(39(43,34-15-7-9-17-40-34)35-16-8-10-18-41-35)24-32(28-11-3-1-4-12-28)36(37)29-13-5-2-6-14-29;1-2-4-5-3-1;/h1-18,24,26-27,30-31H,19-23,25,42-43H2;1-5H;. The summed E-state index contributed by atoms with van der Waals surface area (Å²) in [6.07, 6.45) is 13.2. The topological polar surface area (TPSA) is 25.8 Å². The van der Waals surface area contributed by atoms with Crippen LogP contribution in [0.3, 0.4) is 0 Å². The van der Waals surface area contributed by atoms with Gasteiger partial charge in [0.15, 0.2) is 0 Å². The van der Waals surface area contributed by atoms with E-state index in [0.717, 1.165) is 52.6 Å². The first-order valence-corrected chi connectivity index (χ1v) is 26.9. The van der Waals surface area contributed by atoms with Gasteiger partial charge in [0.2, 0.25) is 0 Å². The molecule has 49 heavy (non-hydrogen) atoms. The zero-order valence-electron chi connectivity index (χ0n) is 27.8. The van der Waals surface area contributed by atoms with E-state index in [1.807, 2.05) is 5.56 Å². The van der Waals surface area contributed by atoms with Crippen molar-refractivity contribution in [2.24, 2.45) is 29.1 Å². The quantitative estimate of drug-likeness (QED) is 0.141. The predicted molar refractivity (Wildman–Crippen MR) is 197 cm³/mol. The van der Waals surface area contributed by atoms with Crippen molar-refractivity contribution < 1.29 is 6.51 Å². The van der Waals surface area contributed by atoms with Gasteiger partial charge in [0.25, 0.3) is 0 Å². The van der Waals surface area contributed by atoms with Crippen molar-refractivity contribution in [2.45, 2.75) is 83.4 Å². The molecule has 10 saturated heterocycles. The summed E-state index contributed by atoms with van der Waals surface area (Å²) >= 11 is 0. The van der Waals surface area contributed by atoms with E-state index in [-0.39, 0.29) is 5.16 Å². The molecule has 14 aliphatic rings. The summed E-state index contributed by atoms with van der Waals surface area (Å²) in [5, 5.41) is -0.245. The van der Waals surface area contributed by atoms with E-state index in [2.05, 4.69) is 128 Å². The van der Waals surface area contributed by atoms with Gasteiger partial charge in [0.1, 0.15) is 0 Å². The second kappa shape index (κ2) is 4.34. The van der Waals surface area contributed by atoms with E-state index in [9.17, 15) is 0 Å². The maximum absolute atomic E-state index is 5.48. The van der Waals surface area contributed by atoms with Crippen LogP contribution in [0.2, 0.25) is 37.5 Å². The summed E-state index contributed by atoms with van der Waals surface area (Å²) in [6, 6.07) is 38.9. The first kappa shape index (κ1) is 25.2. The van der Waals surface area contributed by atoms with Gasteiger partial charge in [-0.3, -0.25) is 0 Å². The van der Waals surface area contributed by atoms with Crippen LogP contribution in [0.15, 0.2) is 109 Å². The molecule has 0 radical (unpaired) electrons. The summed E-state index contributed by atoms with van der Waals surface area (Å²) in [4.78, 5) is 17.2. The van der Waals surface area contributed by atoms with Gasteiger partial charge in [-0.05, 0) is 0 Å². The number of hydrogen-bond acceptors (Lipinski definition) is 2. The monoisotopic (exact) mass is 718 g/mol. The first-order chi connectivity index (χ1) is 23.9. The Hall–Kier alpha value is -1.88. The SMILES string of the molecule is PCC1([C]23[C]4(c5ccccc5)[C]5(c6ccccc6)[CH]6[C]2(C(P)(c2ccccn2)c2ccccn2)[Fe]65432789[CH]3[CH]2[CH]7[CH]8[CH]39)C2CC3CC(C2)CC1C3. The van der Waals surface area contributed by atoms with E-state index in [4.69, 9.17) is 9.97 Å². The molecule has 4 bridgehead atoms. The Balaban J connectivity index is 1.14. The molecule has 0 amide bonds. The normalized spacial score (nSPS) is 66.5. The van der Waals surface area contributed by atoms with Crippen molar-refractivity contribution in [1.82, 2.24) is 9.97 Å². The summed E-state index contributed by atoms with van der Waals surface area (Å²) in [7, 11) is 7.35. The predicted octanol–water partition coefficient (Wildman–Crippen LogP) is 10.3. The van der Waals surface area contributed by atoms with Crippen LogP contribution in [0.25, 0.3) is 0 Å². The van der Waals surface area contributed by atoms with Gasteiger partial charge in [0.05, 0.1) is 0 Å². The second-order valence-electron chi connectivity index (χ2n) is 21.4. The van der Waals surface area contributed by atoms with Gasteiger partial charge in [-0.2, -0.15) is 0 Å². The molecule has 4 saturated carbocycles. The second-order valence-corrected chi connectivity index (χ2v) is 45.2. The molecule has 14 fully saturated rings. The van der Waals surface area contributed by atoms with Crippen molar-refractivity contribution in [3.63, 3.8) is 0 Å². The molecular weight excluding hydrogens is 674 g/mol. The third-order valence-electron chi connectivity index (χ3n) is 25.8. The first-order valence-electron chi connectivity index (χ1n) is 19.5. The molecule has 5 heteroatoms. The fourth-order valence-corrected chi connectivity index (χ4v) is 116. The zero-order chi connectivity index (χ0) is 31.8. The van der Waals surface area contributed by atoms with E-state index < -0.39 is 6.51 Å². The van der Waals surface area contributed by atoms with Crippen LogP contribution >= 0.6 is 18.5 Å². The van der Waals surface area contributed by atoms with Gasteiger partial charge >= 0.3 is 286 Å². The molecule has 7 atom stereocenters. The minimum atomic E-state index is -4.97.